The molecule has 0 spiro atoms. The standard InChI is InChI=1S/C22H24N2O4/c1-14(24-21(25)17-6-4-5-7-18(17)22(24)26)12-23-9-8-15-10-19(27-2)20(28-3)11-16(15)13-23/h4-7,10-11,14H,8-9,12-13H2,1-3H3/t14-/m1/s1. The second-order valence-corrected chi connectivity index (χ2v) is 7.34. The van der Waals surface area contributed by atoms with Gasteiger partial charge in [0.15, 0.2) is 11.5 Å². The van der Waals surface area contributed by atoms with Crippen LogP contribution in [0.5, 0.6) is 11.5 Å². The monoisotopic (exact) mass is 380 g/mol. The maximum Gasteiger partial charge on any atom is 0.261 e. The Hall–Kier alpha value is -2.86. The normalized spacial score (nSPS) is 17.3. The van der Waals surface area contributed by atoms with Gasteiger partial charge in [0.05, 0.1) is 31.4 Å². The van der Waals surface area contributed by atoms with Crippen LogP contribution in [0.2, 0.25) is 0 Å². The summed E-state index contributed by atoms with van der Waals surface area (Å²) >= 11 is 0. The van der Waals surface area contributed by atoms with Crippen LogP contribution in [0, 0.1) is 0 Å². The summed E-state index contributed by atoms with van der Waals surface area (Å²) in [7, 11) is 3.28. The molecule has 6 nitrogen and oxygen atoms in total. The number of benzene rings is 2. The first-order chi connectivity index (χ1) is 13.5. The molecule has 0 radical (unpaired) electrons. The van der Waals surface area contributed by atoms with Crippen LogP contribution in [-0.4, -0.2) is 55.0 Å². The Balaban J connectivity index is 1.49. The lowest BCUT2D eigenvalue weighted by molar-refractivity contribution is 0.0554. The van der Waals surface area contributed by atoms with Crippen LogP contribution in [0.1, 0.15) is 38.8 Å². The smallest absolute Gasteiger partial charge is 0.261 e. The first-order valence-electron chi connectivity index (χ1n) is 9.46. The van der Waals surface area contributed by atoms with Gasteiger partial charge in [0.25, 0.3) is 11.8 Å². The van der Waals surface area contributed by atoms with E-state index in [2.05, 4.69) is 4.90 Å². The zero-order valence-corrected chi connectivity index (χ0v) is 16.4. The van der Waals surface area contributed by atoms with Gasteiger partial charge in [-0.3, -0.25) is 19.4 Å². The maximum atomic E-state index is 12.7. The number of hydrogen-bond donors (Lipinski definition) is 0. The van der Waals surface area contributed by atoms with Crippen LogP contribution in [0.25, 0.3) is 0 Å². The fourth-order valence-corrected chi connectivity index (χ4v) is 4.16. The number of nitrogens with zero attached hydrogens (tertiary/aromatic N) is 2. The zero-order chi connectivity index (χ0) is 19.8. The third-order valence-corrected chi connectivity index (χ3v) is 5.59. The molecule has 0 N–H and O–H groups in total. The van der Waals surface area contributed by atoms with Gasteiger partial charge < -0.3 is 9.47 Å². The van der Waals surface area contributed by atoms with Crippen molar-refractivity contribution in [3.63, 3.8) is 0 Å². The highest BCUT2D eigenvalue weighted by Gasteiger charge is 2.38. The van der Waals surface area contributed by atoms with Crippen molar-refractivity contribution in [2.75, 3.05) is 27.3 Å². The van der Waals surface area contributed by atoms with E-state index in [4.69, 9.17) is 9.47 Å². The first-order valence-corrected chi connectivity index (χ1v) is 9.46. The van der Waals surface area contributed by atoms with Gasteiger partial charge in [-0.15, -0.1) is 0 Å². The lowest BCUT2D eigenvalue weighted by atomic mass is 9.98. The average Bonchev–Trinajstić information content (AvgIpc) is 2.97. The molecule has 0 unspecified atom stereocenters. The minimum absolute atomic E-state index is 0.197. The first kappa shape index (κ1) is 18.5. The Kier molecular flexibility index (Phi) is 4.81. The number of carbonyl (C=O) groups excluding carboxylic acids is 2. The Morgan fingerprint density at radius 3 is 2.11 bits per heavy atom. The number of imide groups is 1. The van der Waals surface area contributed by atoms with Crippen molar-refractivity contribution in [1.82, 2.24) is 9.80 Å². The van der Waals surface area contributed by atoms with Crippen LogP contribution in [0.3, 0.4) is 0 Å². The van der Waals surface area contributed by atoms with E-state index >= 15 is 0 Å². The Morgan fingerprint density at radius 1 is 0.964 bits per heavy atom. The lowest BCUT2D eigenvalue weighted by Crippen LogP contribution is -2.46. The molecule has 2 aromatic rings. The van der Waals surface area contributed by atoms with E-state index in [1.165, 1.54) is 16.0 Å². The number of methoxy groups -OCH3 is 2. The molecule has 2 aliphatic heterocycles. The molecule has 2 aromatic carbocycles. The van der Waals surface area contributed by atoms with Gasteiger partial charge in [-0.25, -0.2) is 0 Å². The predicted octanol–water partition coefficient (Wildman–Crippen LogP) is 2.75. The Labute approximate surface area is 164 Å². The molecule has 0 saturated heterocycles. The van der Waals surface area contributed by atoms with Crippen molar-refractivity contribution < 1.29 is 19.1 Å². The minimum Gasteiger partial charge on any atom is -0.493 e. The van der Waals surface area contributed by atoms with Gasteiger partial charge in [0, 0.05) is 19.6 Å². The third kappa shape index (κ3) is 3.03. The van der Waals surface area contributed by atoms with E-state index < -0.39 is 0 Å². The summed E-state index contributed by atoms with van der Waals surface area (Å²) in [6.07, 6.45) is 0.893. The quantitative estimate of drug-likeness (QED) is 0.747. The van der Waals surface area contributed by atoms with Crippen molar-refractivity contribution in [2.45, 2.75) is 25.9 Å². The molecule has 146 valence electrons. The molecule has 0 aromatic heterocycles. The van der Waals surface area contributed by atoms with E-state index in [1.807, 2.05) is 19.1 Å². The van der Waals surface area contributed by atoms with Crippen molar-refractivity contribution in [1.29, 1.82) is 0 Å². The molecule has 0 bridgehead atoms. The highest BCUT2D eigenvalue weighted by atomic mass is 16.5. The third-order valence-electron chi connectivity index (χ3n) is 5.59. The number of carbonyl (C=O) groups is 2. The summed E-state index contributed by atoms with van der Waals surface area (Å²) in [5.41, 5.74) is 3.45. The van der Waals surface area contributed by atoms with Crippen molar-refractivity contribution >= 4 is 11.8 Å². The number of amides is 2. The molecule has 1 atom stereocenters. The van der Waals surface area contributed by atoms with Crippen LogP contribution >= 0.6 is 0 Å². The number of fused-ring (bicyclic) bond motifs is 2. The van der Waals surface area contributed by atoms with E-state index in [9.17, 15) is 9.59 Å². The van der Waals surface area contributed by atoms with Crippen molar-refractivity contribution in [3.05, 3.63) is 58.7 Å². The topological polar surface area (TPSA) is 59.1 Å². The Bertz CT molecular complexity index is 905. The Morgan fingerprint density at radius 2 is 1.54 bits per heavy atom. The van der Waals surface area contributed by atoms with Crippen molar-refractivity contribution in [2.24, 2.45) is 0 Å². The van der Waals surface area contributed by atoms with Gasteiger partial charge in [-0.05, 0) is 48.7 Å². The SMILES string of the molecule is COc1cc2c(cc1OC)CN(C[C@@H](C)N1C(=O)c3ccccc3C1=O)CC2. The van der Waals surface area contributed by atoms with Gasteiger partial charge in [0.2, 0.25) is 0 Å². The summed E-state index contributed by atoms with van der Waals surface area (Å²) in [4.78, 5) is 29.1. The molecule has 28 heavy (non-hydrogen) atoms. The second kappa shape index (κ2) is 7.28. The molecule has 0 aliphatic carbocycles. The fraction of sp³-hybridized carbons (Fsp3) is 0.364. The molecule has 4 rings (SSSR count). The number of rotatable bonds is 5. The summed E-state index contributed by atoms with van der Waals surface area (Å²) in [5.74, 6) is 1.07. The molecular weight excluding hydrogens is 356 g/mol. The molecule has 2 heterocycles. The molecular formula is C22H24N2O4. The highest BCUT2D eigenvalue weighted by Crippen LogP contribution is 2.33. The predicted molar refractivity (Wildman–Crippen MR) is 105 cm³/mol. The molecule has 2 aliphatic rings. The summed E-state index contributed by atoms with van der Waals surface area (Å²) in [6.45, 7) is 4.20. The summed E-state index contributed by atoms with van der Waals surface area (Å²) < 4.78 is 10.8. The van der Waals surface area contributed by atoms with E-state index in [-0.39, 0.29) is 17.9 Å². The van der Waals surface area contributed by atoms with Gasteiger partial charge >= 0.3 is 0 Å². The van der Waals surface area contributed by atoms with Gasteiger partial charge in [-0.2, -0.15) is 0 Å². The zero-order valence-electron chi connectivity index (χ0n) is 16.4. The minimum atomic E-state index is -0.200. The van der Waals surface area contributed by atoms with Gasteiger partial charge in [0.1, 0.15) is 0 Å². The van der Waals surface area contributed by atoms with Crippen LogP contribution in [0.15, 0.2) is 36.4 Å². The summed E-state index contributed by atoms with van der Waals surface area (Å²) in [5, 5.41) is 0. The van der Waals surface area contributed by atoms with Crippen LogP contribution in [-0.2, 0) is 13.0 Å². The molecule has 2 amide bonds. The summed E-state index contributed by atoms with van der Waals surface area (Å²) in [6, 6.07) is 10.9. The van der Waals surface area contributed by atoms with E-state index in [0.29, 0.717) is 17.7 Å². The molecule has 0 saturated carbocycles. The fourth-order valence-electron chi connectivity index (χ4n) is 4.16. The molecule has 6 heteroatoms. The average molecular weight is 380 g/mol. The maximum absolute atomic E-state index is 12.7. The number of ether oxygens (including phenoxy) is 2. The van der Waals surface area contributed by atoms with Gasteiger partial charge in [-0.1, -0.05) is 12.1 Å². The van der Waals surface area contributed by atoms with Crippen LogP contribution < -0.4 is 9.47 Å². The largest absolute Gasteiger partial charge is 0.493 e. The highest BCUT2D eigenvalue weighted by molar-refractivity contribution is 6.21. The molecule has 0 fully saturated rings. The number of hydrogen-bond acceptors (Lipinski definition) is 5. The second-order valence-electron chi connectivity index (χ2n) is 7.34. The lowest BCUT2D eigenvalue weighted by Gasteiger charge is -2.33. The van der Waals surface area contributed by atoms with E-state index in [0.717, 1.165) is 31.0 Å². The van der Waals surface area contributed by atoms with E-state index in [1.54, 1.807) is 38.5 Å². The van der Waals surface area contributed by atoms with Crippen LogP contribution in [0.4, 0.5) is 0 Å². The van der Waals surface area contributed by atoms with Crippen molar-refractivity contribution in [3.8, 4) is 11.5 Å².